The van der Waals surface area contributed by atoms with Gasteiger partial charge in [0, 0.05) is 11.4 Å². The van der Waals surface area contributed by atoms with Gasteiger partial charge in [-0.25, -0.2) is 0 Å². The first-order valence-corrected chi connectivity index (χ1v) is 8.68. The fourth-order valence-electron chi connectivity index (χ4n) is 2.76. The molecular weight excluding hydrogens is 326 g/mol. The van der Waals surface area contributed by atoms with Gasteiger partial charge in [-0.05, 0) is 69.1 Å². The smallest absolute Gasteiger partial charge is 0.238 e. The first kappa shape index (κ1) is 19.7. The summed E-state index contributed by atoms with van der Waals surface area (Å²) in [6, 6.07) is 11.7. The number of rotatable bonds is 6. The van der Waals surface area contributed by atoms with Crippen LogP contribution >= 0.6 is 0 Å². The van der Waals surface area contributed by atoms with E-state index in [9.17, 15) is 9.59 Å². The highest BCUT2D eigenvalue weighted by Gasteiger charge is 2.13. The number of benzene rings is 2. The van der Waals surface area contributed by atoms with Crippen LogP contribution in [0.25, 0.3) is 0 Å². The van der Waals surface area contributed by atoms with E-state index >= 15 is 0 Å². The Morgan fingerprint density at radius 1 is 0.808 bits per heavy atom. The maximum absolute atomic E-state index is 12.3. The van der Waals surface area contributed by atoms with Crippen molar-refractivity contribution in [3.8, 4) is 0 Å². The molecule has 138 valence electrons. The summed E-state index contributed by atoms with van der Waals surface area (Å²) < 4.78 is 0. The minimum atomic E-state index is -0.143. The molecule has 0 saturated heterocycles. The molecule has 0 saturated carbocycles. The van der Waals surface area contributed by atoms with Crippen molar-refractivity contribution in [3.63, 3.8) is 0 Å². The Kier molecular flexibility index (Phi) is 6.52. The molecule has 2 N–H and O–H groups in total. The summed E-state index contributed by atoms with van der Waals surface area (Å²) in [5.41, 5.74) is 5.96. The molecule has 2 rings (SSSR count). The molecule has 0 aliphatic heterocycles. The van der Waals surface area contributed by atoms with Gasteiger partial charge in [-0.1, -0.05) is 24.3 Å². The van der Waals surface area contributed by atoms with E-state index in [1.807, 2.05) is 64.1 Å². The number of anilines is 2. The van der Waals surface area contributed by atoms with Crippen LogP contribution < -0.4 is 10.6 Å². The Morgan fingerprint density at radius 2 is 1.38 bits per heavy atom. The standard InChI is InChI=1S/C21H27N3O2/c1-14-9-10-18(11-17(14)4)22-19(25)12-24(5)13-20(26)23-21-15(2)7-6-8-16(21)3/h6-11H,12-13H2,1-5H3,(H,22,25)(H,23,26). The highest BCUT2D eigenvalue weighted by Crippen LogP contribution is 2.19. The summed E-state index contributed by atoms with van der Waals surface area (Å²) in [6.07, 6.45) is 0. The average Bonchev–Trinajstić information content (AvgIpc) is 2.54. The molecule has 2 amide bonds. The van der Waals surface area contributed by atoms with Gasteiger partial charge in [0.05, 0.1) is 13.1 Å². The van der Waals surface area contributed by atoms with E-state index in [0.29, 0.717) is 0 Å². The molecular formula is C21H27N3O2. The van der Waals surface area contributed by atoms with Crippen LogP contribution in [0.1, 0.15) is 22.3 Å². The highest BCUT2D eigenvalue weighted by atomic mass is 16.2. The minimum Gasteiger partial charge on any atom is -0.325 e. The summed E-state index contributed by atoms with van der Waals surface area (Å²) in [6.45, 7) is 8.26. The fraction of sp³-hybridized carbons (Fsp3) is 0.333. The van der Waals surface area contributed by atoms with Crippen LogP contribution in [0.3, 0.4) is 0 Å². The molecule has 2 aromatic rings. The third-order valence-corrected chi connectivity index (χ3v) is 4.36. The van der Waals surface area contributed by atoms with Gasteiger partial charge in [0.25, 0.3) is 0 Å². The van der Waals surface area contributed by atoms with Crippen molar-refractivity contribution in [1.29, 1.82) is 0 Å². The zero-order chi connectivity index (χ0) is 19.3. The molecule has 0 spiro atoms. The molecule has 5 heteroatoms. The monoisotopic (exact) mass is 353 g/mol. The molecule has 0 aliphatic rings. The molecule has 26 heavy (non-hydrogen) atoms. The van der Waals surface area contributed by atoms with E-state index < -0.39 is 0 Å². The molecule has 0 radical (unpaired) electrons. The molecule has 0 unspecified atom stereocenters. The van der Waals surface area contributed by atoms with Crippen molar-refractivity contribution in [3.05, 3.63) is 58.7 Å². The second-order valence-corrected chi connectivity index (χ2v) is 6.83. The van der Waals surface area contributed by atoms with Crippen molar-refractivity contribution in [2.45, 2.75) is 27.7 Å². The summed E-state index contributed by atoms with van der Waals surface area (Å²) in [5.74, 6) is -0.278. The molecule has 0 bridgehead atoms. The Hall–Kier alpha value is -2.66. The minimum absolute atomic E-state index is 0.135. The highest BCUT2D eigenvalue weighted by molar-refractivity contribution is 5.95. The number of amides is 2. The van der Waals surface area contributed by atoms with E-state index in [1.165, 1.54) is 5.56 Å². The average molecular weight is 353 g/mol. The van der Waals surface area contributed by atoms with Crippen molar-refractivity contribution in [1.82, 2.24) is 4.90 Å². The first-order chi connectivity index (χ1) is 12.3. The summed E-state index contributed by atoms with van der Waals surface area (Å²) in [7, 11) is 1.75. The largest absolute Gasteiger partial charge is 0.325 e. The van der Waals surface area contributed by atoms with Crippen LogP contribution in [0.5, 0.6) is 0 Å². The van der Waals surface area contributed by atoms with E-state index in [-0.39, 0.29) is 24.9 Å². The van der Waals surface area contributed by atoms with Crippen LogP contribution in [0, 0.1) is 27.7 Å². The quantitative estimate of drug-likeness (QED) is 0.836. The maximum Gasteiger partial charge on any atom is 0.238 e. The summed E-state index contributed by atoms with van der Waals surface area (Å²) in [5, 5.41) is 5.80. The maximum atomic E-state index is 12.3. The van der Waals surface area contributed by atoms with Crippen LogP contribution in [0.4, 0.5) is 11.4 Å². The van der Waals surface area contributed by atoms with E-state index in [2.05, 4.69) is 10.6 Å². The van der Waals surface area contributed by atoms with Crippen LogP contribution in [0.15, 0.2) is 36.4 Å². The van der Waals surface area contributed by atoms with Crippen molar-refractivity contribution in [2.24, 2.45) is 0 Å². The van der Waals surface area contributed by atoms with E-state index in [4.69, 9.17) is 0 Å². The molecule has 0 heterocycles. The molecule has 2 aromatic carbocycles. The van der Waals surface area contributed by atoms with Crippen molar-refractivity contribution >= 4 is 23.2 Å². The molecule has 0 atom stereocenters. The SMILES string of the molecule is Cc1ccc(NC(=O)CN(C)CC(=O)Nc2c(C)cccc2C)cc1C. The Balaban J connectivity index is 1.87. The van der Waals surface area contributed by atoms with Crippen LogP contribution in [-0.4, -0.2) is 36.9 Å². The fourth-order valence-corrected chi connectivity index (χ4v) is 2.76. The number of hydrogen-bond acceptors (Lipinski definition) is 3. The third kappa shape index (κ3) is 5.43. The summed E-state index contributed by atoms with van der Waals surface area (Å²) in [4.78, 5) is 26.1. The van der Waals surface area contributed by atoms with Crippen molar-refractivity contribution in [2.75, 3.05) is 30.8 Å². The van der Waals surface area contributed by atoms with Crippen LogP contribution in [0.2, 0.25) is 0 Å². The second kappa shape index (κ2) is 8.63. The van der Waals surface area contributed by atoms with Gasteiger partial charge in [-0.2, -0.15) is 0 Å². The van der Waals surface area contributed by atoms with Gasteiger partial charge in [0.15, 0.2) is 0 Å². The summed E-state index contributed by atoms with van der Waals surface area (Å²) >= 11 is 0. The van der Waals surface area contributed by atoms with Gasteiger partial charge in [-0.3, -0.25) is 14.5 Å². The topological polar surface area (TPSA) is 61.4 Å². The number of nitrogens with zero attached hydrogens (tertiary/aromatic N) is 1. The third-order valence-electron chi connectivity index (χ3n) is 4.36. The molecule has 0 aromatic heterocycles. The number of nitrogens with one attached hydrogen (secondary N) is 2. The zero-order valence-corrected chi connectivity index (χ0v) is 16.1. The van der Waals surface area contributed by atoms with Crippen molar-refractivity contribution < 1.29 is 9.59 Å². The molecule has 0 aliphatic carbocycles. The zero-order valence-electron chi connectivity index (χ0n) is 16.1. The molecule has 5 nitrogen and oxygen atoms in total. The second-order valence-electron chi connectivity index (χ2n) is 6.83. The number of para-hydroxylation sites is 1. The van der Waals surface area contributed by atoms with Gasteiger partial charge in [-0.15, -0.1) is 0 Å². The van der Waals surface area contributed by atoms with Gasteiger partial charge < -0.3 is 10.6 Å². The Morgan fingerprint density at radius 3 is 1.96 bits per heavy atom. The predicted octanol–water partition coefficient (Wildman–Crippen LogP) is 3.43. The van der Waals surface area contributed by atoms with Crippen LogP contribution in [-0.2, 0) is 9.59 Å². The van der Waals surface area contributed by atoms with Gasteiger partial charge in [0.1, 0.15) is 0 Å². The van der Waals surface area contributed by atoms with E-state index in [1.54, 1.807) is 11.9 Å². The number of aryl methyl sites for hydroxylation is 4. The lowest BCUT2D eigenvalue weighted by molar-refractivity contribution is -0.119. The lowest BCUT2D eigenvalue weighted by atomic mass is 10.1. The van der Waals surface area contributed by atoms with E-state index in [0.717, 1.165) is 28.1 Å². The first-order valence-electron chi connectivity index (χ1n) is 8.68. The normalized spacial score (nSPS) is 10.7. The van der Waals surface area contributed by atoms with Gasteiger partial charge >= 0.3 is 0 Å². The Labute approximate surface area is 155 Å². The predicted molar refractivity (Wildman–Crippen MR) is 107 cm³/mol. The Bertz CT molecular complexity index is 795. The lowest BCUT2D eigenvalue weighted by Gasteiger charge is -2.17. The van der Waals surface area contributed by atoms with Gasteiger partial charge in [0.2, 0.25) is 11.8 Å². The number of hydrogen-bond donors (Lipinski definition) is 2. The lowest BCUT2D eigenvalue weighted by Crippen LogP contribution is -2.36. The number of carbonyl (C=O) groups is 2. The number of likely N-dealkylation sites (N-methyl/N-ethyl adjacent to an activating group) is 1. The number of carbonyl (C=O) groups excluding carboxylic acids is 2. The molecule has 0 fully saturated rings.